The van der Waals surface area contributed by atoms with Crippen molar-refractivity contribution in [1.82, 2.24) is 0 Å². The number of rotatable bonds is 4. The Balaban J connectivity index is 1.98. The highest BCUT2D eigenvalue weighted by Crippen LogP contribution is 2.30. The quantitative estimate of drug-likeness (QED) is 0.567. The van der Waals surface area contributed by atoms with Gasteiger partial charge in [0.25, 0.3) is 0 Å². The van der Waals surface area contributed by atoms with Crippen LogP contribution < -0.4 is 10.5 Å². The Morgan fingerprint density at radius 1 is 0.783 bits per heavy atom. The summed E-state index contributed by atoms with van der Waals surface area (Å²) in [7, 11) is -2.66. The van der Waals surface area contributed by atoms with E-state index in [4.69, 9.17) is 10.5 Å². The number of hydrogen-bond acceptors (Lipinski definition) is 4. The zero-order chi connectivity index (χ0) is 16.2. The monoisotopic (exact) mass is 325 g/mol. The SMILES string of the molecule is Nc1cccc(Oc2cccc(-c3ccccc3[SH](=O)=O)c2)c1. The molecule has 5 heteroatoms. The van der Waals surface area contributed by atoms with E-state index >= 15 is 0 Å². The fourth-order valence-corrected chi connectivity index (χ4v) is 2.93. The third kappa shape index (κ3) is 3.52. The van der Waals surface area contributed by atoms with Gasteiger partial charge < -0.3 is 10.5 Å². The largest absolute Gasteiger partial charge is 0.457 e. The number of thiol groups is 1. The number of ether oxygens (including phenoxy) is 1. The van der Waals surface area contributed by atoms with Crippen LogP contribution in [0.5, 0.6) is 11.5 Å². The van der Waals surface area contributed by atoms with Gasteiger partial charge in [0.2, 0.25) is 0 Å². The maximum atomic E-state index is 11.4. The van der Waals surface area contributed by atoms with Crippen LogP contribution in [0.15, 0.2) is 77.7 Å². The molecular weight excluding hydrogens is 310 g/mol. The average molecular weight is 325 g/mol. The fourth-order valence-electron chi connectivity index (χ4n) is 2.32. The highest BCUT2D eigenvalue weighted by Gasteiger charge is 2.08. The van der Waals surface area contributed by atoms with Crippen molar-refractivity contribution in [1.29, 1.82) is 0 Å². The minimum atomic E-state index is -2.66. The van der Waals surface area contributed by atoms with Gasteiger partial charge in [-0.05, 0) is 35.9 Å². The molecular formula is C18H15NO3S. The molecule has 0 aliphatic rings. The molecule has 0 aromatic heterocycles. The van der Waals surface area contributed by atoms with E-state index in [0.29, 0.717) is 27.6 Å². The van der Waals surface area contributed by atoms with Crippen LogP contribution in [-0.4, -0.2) is 8.42 Å². The highest BCUT2D eigenvalue weighted by molar-refractivity contribution is 7.72. The van der Waals surface area contributed by atoms with Gasteiger partial charge in [-0.1, -0.05) is 36.4 Å². The summed E-state index contributed by atoms with van der Waals surface area (Å²) in [6, 6.07) is 21.3. The molecule has 0 bridgehead atoms. The van der Waals surface area contributed by atoms with E-state index < -0.39 is 10.7 Å². The number of nitrogen functional groups attached to an aromatic ring is 1. The van der Waals surface area contributed by atoms with Crippen LogP contribution in [0.2, 0.25) is 0 Å². The molecule has 0 spiro atoms. The predicted molar refractivity (Wildman–Crippen MR) is 91.4 cm³/mol. The van der Waals surface area contributed by atoms with E-state index in [1.54, 1.807) is 36.4 Å². The van der Waals surface area contributed by atoms with Gasteiger partial charge in [0.1, 0.15) is 11.5 Å². The summed E-state index contributed by atoms with van der Waals surface area (Å²) in [5.74, 6) is 1.24. The molecule has 0 heterocycles. The van der Waals surface area contributed by atoms with Crippen LogP contribution in [0, 0.1) is 0 Å². The molecule has 0 saturated heterocycles. The van der Waals surface area contributed by atoms with Crippen molar-refractivity contribution in [2.24, 2.45) is 0 Å². The summed E-state index contributed by atoms with van der Waals surface area (Å²) in [5.41, 5.74) is 7.79. The topological polar surface area (TPSA) is 69.4 Å². The average Bonchev–Trinajstić information content (AvgIpc) is 2.55. The Hall–Kier alpha value is -2.79. The zero-order valence-electron chi connectivity index (χ0n) is 12.2. The molecule has 0 amide bonds. The van der Waals surface area contributed by atoms with Gasteiger partial charge in [-0.3, -0.25) is 0 Å². The molecule has 0 radical (unpaired) electrons. The van der Waals surface area contributed by atoms with E-state index in [2.05, 4.69) is 0 Å². The molecule has 3 rings (SSSR count). The van der Waals surface area contributed by atoms with Crippen LogP contribution >= 0.6 is 0 Å². The van der Waals surface area contributed by atoms with E-state index in [9.17, 15) is 8.42 Å². The van der Waals surface area contributed by atoms with E-state index in [-0.39, 0.29) is 0 Å². The van der Waals surface area contributed by atoms with Gasteiger partial charge in [-0.15, -0.1) is 0 Å². The van der Waals surface area contributed by atoms with Crippen LogP contribution in [0.25, 0.3) is 11.1 Å². The van der Waals surface area contributed by atoms with E-state index in [1.165, 1.54) is 0 Å². The van der Waals surface area contributed by atoms with Crippen LogP contribution in [0.4, 0.5) is 5.69 Å². The molecule has 23 heavy (non-hydrogen) atoms. The lowest BCUT2D eigenvalue weighted by Crippen LogP contribution is -1.90. The Kier molecular flexibility index (Phi) is 4.30. The van der Waals surface area contributed by atoms with E-state index in [1.807, 2.05) is 36.4 Å². The molecule has 3 aromatic rings. The van der Waals surface area contributed by atoms with Crippen molar-refractivity contribution in [3.63, 3.8) is 0 Å². The molecule has 4 nitrogen and oxygen atoms in total. The van der Waals surface area contributed by atoms with E-state index in [0.717, 1.165) is 5.56 Å². The number of hydrogen-bond donors (Lipinski definition) is 2. The Labute approximate surface area is 136 Å². The van der Waals surface area contributed by atoms with Crippen molar-refractivity contribution in [2.45, 2.75) is 4.90 Å². The maximum absolute atomic E-state index is 11.4. The second kappa shape index (κ2) is 6.54. The van der Waals surface area contributed by atoms with Gasteiger partial charge in [-0.2, -0.15) is 0 Å². The molecule has 0 saturated carbocycles. The minimum Gasteiger partial charge on any atom is -0.457 e. The predicted octanol–water partition coefficient (Wildman–Crippen LogP) is 3.70. The third-order valence-corrected chi connectivity index (χ3v) is 4.12. The van der Waals surface area contributed by atoms with Gasteiger partial charge in [0.15, 0.2) is 10.7 Å². The summed E-state index contributed by atoms with van der Waals surface area (Å²) in [6.45, 7) is 0. The first-order valence-electron chi connectivity index (χ1n) is 7.01. The van der Waals surface area contributed by atoms with Gasteiger partial charge in [0, 0.05) is 17.3 Å². The number of nitrogens with two attached hydrogens (primary N) is 1. The number of anilines is 1. The first kappa shape index (κ1) is 15.1. The lowest BCUT2D eigenvalue weighted by molar-refractivity contribution is 0.483. The smallest absolute Gasteiger partial charge is 0.168 e. The molecule has 0 aliphatic heterocycles. The van der Waals surface area contributed by atoms with Crippen LogP contribution in [-0.2, 0) is 10.7 Å². The van der Waals surface area contributed by atoms with Crippen molar-refractivity contribution in [2.75, 3.05) is 5.73 Å². The second-order valence-electron chi connectivity index (χ2n) is 4.98. The highest BCUT2D eigenvalue weighted by atomic mass is 32.2. The summed E-state index contributed by atoms with van der Waals surface area (Å²) < 4.78 is 28.6. The standard InChI is InChI=1S/C18H15NO3S/c19-14-6-4-8-16(12-14)22-15-7-3-5-13(11-15)17-9-1-2-10-18(17)23(20)21/h1-12,23H,19H2. The Bertz CT molecular complexity index is 911. The first-order chi connectivity index (χ1) is 11.1. The second-order valence-corrected chi connectivity index (χ2v) is 5.97. The molecule has 3 aromatic carbocycles. The fraction of sp³-hybridized carbons (Fsp3) is 0. The van der Waals surface area contributed by atoms with Gasteiger partial charge in [-0.25, -0.2) is 8.42 Å². The molecule has 0 atom stereocenters. The normalized spacial score (nSPS) is 10.7. The first-order valence-corrected chi connectivity index (χ1v) is 8.18. The lowest BCUT2D eigenvalue weighted by atomic mass is 10.1. The molecule has 2 N–H and O–H groups in total. The summed E-state index contributed by atoms with van der Waals surface area (Å²) in [6.07, 6.45) is 0. The van der Waals surface area contributed by atoms with Crippen LogP contribution in [0.1, 0.15) is 0 Å². The summed E-state index contributed by atoms with van der Waals surface area (Å²) in [4.78, 5) is 0.295. The summed E-state index contributed by atoms with van der Waals surface area (Å²) >= 11 is 0. The molecule has 0 aliphatic carbocycles. The maximum Gasteiger partial charge on any atom is 0.168 e. The number of benzene rings is 3. The molecule has 0 unspecified atom stereocenters. The zero-order valence-corrected chi connectivity index (χ0v) is 13.1. The minimum absolute atomic E-state index is 0.295. The third-order valence-electron chi connectivity index (χ3n) is 3.34. The van der Waals surface area contributed by atoms with Crippen molar-refractivity contribution in [3.8, 4) is 22.6 Å². The lowest BCUT2D eigenvalue weighted by Gasteiger charge is -2.09. The van der Waals surface area contributed by atoms with Crippen molar-refractivity contribution in [3.05, 3.63) is 72.8 Å². The van der Waals surface area contributed by atoms with Crippen molar-refractivity contribution >= 4 is 16.4 Å². The Morgan fingerprint density at radius 2 is 1.48 bits per heavy atom. The van der Waals surface area contributed by atoms with Gasteiger partial charge >= 0.3 is 0 Å². The Morgan fingerprint density at radius 3 is 2.22 bits per heavy atom. The molecule has 0 fully saturated rings. The van der Waals surface area contributed by atoms with Crippen molar-refractivity contribution < 1.29 is 13.2 Å². The van der Waals surface area contributed by atoms with Gasteiger partial charge in [0.05, 0.1) is 4.90 Å². The summed E-state index contributed by atoms with van der Waals surface area (Å²) in [5, 5.41) is 0. The van der Waals surface area contributed by atoms with Crippen LogP contribution in [0.3, 0.4) is 0 Å². The molecule has 116 valence electrons.